The third-order valence-electron chi connectivity index (χ3n) is 2.73. The van der Waals surface area contributed by atoms with Crippen LogP contribution in [0.25, 0.3) is 0 Å². The van der Waals surface area contributed by atoms with Crippen LogP contribution in [0.15, 0.2) is 17.5 Å². The minimum Gasteiger partial charge on any atom is -0.379 e. The Balaban J connectivity index is 2.07. The Labute approximate surface area is 130 Å². The van der Waals surface area contributed by atoms with E-state index < -0.39 is 9.96 Å². The van der Waals surface area contributed by atoms with E-state index in [0.717, 1.165) is 0 Å². The molecule has 2 heterocycles. The number of alkyl halides is 3. The molecular formula is C11H13Cl3N2O2S. The fourth-order valence-corrected chi connectivity index (χ4v) is 3.02. The smallest absolute Gasteiger partial charge is 0.262 e. The van der Waals surface area contributed by atoms with Crippen molar-refractivity contribution in [1.29, 1.82) is 0 Å². The Bertz CT molecular complexity index is 416. The Hall–Kier alpha value is -0.0400. The van der Waals surface area contributed by atoms with E-state index in [9.17, 15) is 4.79 Å². The van der Waals surface area contributed by atoms with Gasteiger partial charge in [0.15, 0.2) is 0 Å². The molecular weight excluding hydrogens is 331 g/mol. The number of ether oxygens (including phenoxy) is 1. The molecule has 1 atom stereocenters. The summed E-state index contributed by atoms with van der Waals surface area (Å²) in [6, 6.07) is 3.54. The highest BCUT2D eigenvalue weighted by Crippen LogP contribution is 2.32. The SMILES string of the molecule is O=C(NC(N1CCOCC1)C(Cl)(Cl)Cl)c1cccs1. The molecule has 2 rings (SSSR count). The number of nitrogens with one attached hydrogen (secondary N) is 1. The summed E-state index contributed by atoms with van der Waals surface area (Å²) in [7, 11) is 0. The Morgan fingerprint density at radius 3 is 2.63 bits per heavy atom. The Morgan fingerprint density at radius 1 is 1.42 bits per heavy atom. The van der Waals surface area contributed by atoms with Crippen molar-refractivity contribution in [3.63, 3.8) is 0 Å². The van der Waals surface area contributed by atoms with E-state index in [-0.39, 0.29) is 5.91 Å². The van der Waals surface area contributed by atoms with Crippen LogP contribution in [0.2, 0.25) is 0 Å². The van der Waals surface area contributed by atoms with E-state index in [1.54, 1.807) is 12.1 Å². The lowest BCUT2D eigenvalue weighted by atomic mass is 10.3. The zero-order valence-electron chi connectivity index (χ0n) is 9.94. The summed E-state index contributed by atoms with van der Waals surface area (Å²) in [6.45, 7) is 2.35. The van der Waals surface area contributed by atoms with Gasteiger partial charge in [-0.25, -0.2) is 0 Å². The summed E-state index contributed by atoms with van der Waals surface area (Å²) in [4.78, 5) is 14.6. The van der Waals surface area contributed by atoms with E-state index in [1.807, 2.05) is 10.3 Å². The number of carbonyl (C=O) groups is 1. The molecule has 1 N–H and O–H groups in total. The van der Waals surface area contributed by atoms with Gasteiger partial charge in [0.05, 0.1) is 18.1 Å². The van der Waals surface area contributed by atoms with Crippen LogP contribution in [0.3, 0.4) is 0 Å². The molecule has 0 spiro atoms. The lowest BCUT2D eigenvalue weighted by molar-refractivity contribution is 0.0100. The summed E-state index contributed by atoms with van der Waals surface area (Å²) in [5.74, 6) is -0.238. The summed E-state index contributed by atoms with van der Waals surface area (Å²) >= 11 is 19.3. The van der Waals surface area contributed by atoms with Crippen LogP contribution >= 0.6 is 46.1 Å². The highest BCUT2D eigenvalue weighted by Gasteiger charge is 2.39. The predicted molar refractivity (Wildman–Crippen MR) is 78.3 cm³/mol. The first-order valence-electron chi connectivity index (χ1n) is 5.71. The van der Waals surface area contributed by atoms with Crippen LogP contribution < -0.4 is 5.32 Å². The second-order valence-corrected chi connectivity index (χ2v) is 7.36. The van der Waals surface area contributed by atoms with Crippen molar-refractivity contribution in [2.24, 2.45) is 0 Å². The van der Waals surface area contributed by atoms with E-state index >= 15 is 0 Å². The lowest BCUT2D eigenvalue weighted by Crippen LogP contribution is -2.58. The molecule has 4 nitrogen and oxygen atoms in total. The van der Waals surface area contributed by atoms with E-state index in [1.165, 1.54) is 11.3 Å². The molecule has 0 bridgehead atoms. The first-order valence-corrected chi connectivity index (χ1v) is 7.73. The maximum Gasteiger partial charge on any atom is 0.262 e. The topological polar surface area (TPSA) is 41.6 Å². The van der Waals surface area contributed by atoms with Crippen molar-refractivity contribution >= 4 is 52.0 Å². The van der Waals surface area contributed by atoms with E-state index in [4.69, 9.17) is 39.5 Å². The number of nitrogens with zero attached hydrogens (tertiary/aromatic N) is 1. The van der Waals surface area contributed by atoms with Crippen molar-refractivity contribution in [2.45, 2.75) is 9.96 Å². The summed E-state index contributed by atoms with van der Waals surface area (Å²) < 4.78 is 3.67. The summed E-state index contributed by atoms with van der Waals surface area (Å²) in [5.41, 5.74) is 0. The van der Waals surface area contributed by atoms with Gasteiger partial charge in [-0.2, -0.15) is 0 Å². The van der Waals surface area contributed by atoms with Crippen LogP contribution in [-0.2, 0) is 4.74 Å². The van der Waals surface area contributed by atoms with Crippen LogP contribution in [0.4, 0.5) is 0 Å². The molecule has 8 heteroatoms. The molecule has 0 aliphatic carbocycles. The summed E-state index contributed by atoms with van der Waals surface area (Å²) in [6.07, 6.45) is -0.670. The number of morpholine rings is 1. The van der Waals surface area contributed by atoms with Gasteiger partial charge in [-0.05, 0) is 11.4 Å². The van der Waals surface area contributed by atoms with Crippen LogP contribution in [0.1, 0.15) is 9.67 Å². The molecule has 1 amide bonds. The van der Waals surface area contributed by atoms with Gasteiger partial charge >= 0.3 is 0 Å². The molecule has 1 aromatic heterocycles. The van der Waals surface area contributed by atoms with Crippen molar-refractivity contribution in [3.05, 3.63) is 22.4 Å². The van der Waals surface area contributed by atoms with Gasteiger partial charge in [0, 0.05) is 13.1 Å². The number of carbonyl (C=O) groups excluding carboxylic acids is 1. The number of halogens is 3. The first kappa shape index (κ1) is 15.4. The van der Waals surface area contributed by atoms with Crippen LogP contribution in [-0.4, -0.2) is 47.1 Å². The number of hydrogen-bond donors (Lipinski definition) is 1. The second kappa shape index (κ2) is 6.61. The number of rotatable bonds is 3. The lowest BCUT2D eigenvalue weighted by Gasteiger charge is -2.38. The normalized spacial score (nSPS) is 19.1. The molecule has 0 radical (unpaired) electrons. The molecule has 1 aliphatic rings. The maximum atomic E-state index is 12.1. The third-order valence-corrected chi connectivity index (χ3v) is 4.22. The standard InChI is InChI=1S/C11H13Cl3N2O2S/c12-11(13,14)10(16-3-5-18-6-4-16)15-9(17)8-2-1-7-19-8/h1-2,7,10H,3-6H2,(H,15,17). The van der Waals surface area contributed by atoms with Gasteiger partial charge in [-0.3, -0.25) is 9.69 Å². The molecule has 1 aromatic rings. The van der Waals surface area contributed by atoms with Gasteiger partial charge in [-0.1, -0.05) is 40.9 Å². The van der Waals surface area contributed by atoms with Crippen molar-refractivity contribution < 1.29 is 9.53 Å². The molecule has 106 valence electrons. The quantitative estimate of drug-likeness (QED) is 0.858. The van der Waals surface area contributed by atoms with Gasteiger partial charge in [0.1, 0.15) is 6.17 Å². The highest BCUT2D eigenvalue weighted by molar-refractivity contribution is 7.12. The molecule has 1 unspecified atom stereocenters. The van der Waals surface area contributed by atoms with Crippen molar-refractivity contribution in [1.82, 2.24) is 10.2 Å². The predicted octanol–water partition coefficient (Wildman–Crippen LogP) is 2.51. The minimum absolute atomic E-state index is 0.238. The van der Waals surface area contributed by atoms with Gasteiger partial charge in [0.2, 0.25) is 3.79 Å². The van der Waals surface area contributed by atoms with E-state index in [2.05, 4.69) is 5.32 Å². The maximum absolute atomic E-state index is 12.1. The fourth-order valence-electron chi connectivity index (χ4n) is 1.82. The van der Waals surface area contributed by atoms with E-state index in [0.29, 0.717) is 31.2 Å². The molecule has 1 saturated heterocycles. The fraction of sp³-hybridized carbons (Fsp3) is 0.545. The summed E-state index contributed by atoms with van der Waals surface area (Å²) in [5, 5.41) is 4.60. The Morgan fingerprint density at radius 2 is 2.11 bits per heavy atom. The number of amides is 1. The zero-order chi connectivity index (χ0) is 13.9. The molecule has 1 aliphatic heterocycles. The largest absolute Gasteiger partial charge is 0.379 e. The van der Waals surface area contributed by atoms with Gasteiger partial charge in [-0.15, -0.1) is 11.3 Å². The number of thiophene rings is 1. The van der Waals surface area contributed by atoms with Crippen LogP contribution in [0.5, 0.6) is 0 Å². The molecule has 19 heavy (non-hydrogen) atoms. The average Bonchev–Trinajstić information content (AvgIpc) is 2.89. The highest BCUT2D eigenvalue weighted by atomic mass is 35.6. The monoisotopic (exact) mass is 342 g/mol. The Kier molecular flexibility index (Phi) is 5.34. The van der Waals surface area contributed by atoms with Crippen LogP contribution in [0, 0.1) is 0 Å². The zero-order valence-corrected chi connectivity index (χ0v) is 13.0. The molecule has 0 saturated carbocycles. The first-order chi connectivity index (χ1) is 8.98. The second-order valence-electron chi connectivity index (χ2n) is 4.04. The van der Waals surface area contributed by atoms with Crippen molar-refractivity contribution in [2.75, 3.05) is 26.3 Å². The molecule has 0 aromatic carbocycles. The van der Waals surface area contributed by atoms with Gasteiger partial charge < -0.3 is 10.1 Å². The minimum atomic E-state index is -1.59. The number of hydrogen-bond acceptors (Lipinski definition) is 4. The third kappa shape index (κ3) is 4.21. The average molecular weight is 344 g/mol. The van der Waals surface area contributed by atoms with Crippen molar-refractivity contribution in [3.8, 4) is 0 Å². The molecule has 1 fully saturated rings. The van der Waals surface area contributed by atoms with Gasteiger partial charge in [0.25, 0.3) is 5.91 Å².